The van der Waals surface area contributed by atoms with Crippen LogP contribution in [0.15, 0.2) is 18.2 Å². The smallest absolute Gasteiger partial charge is 0.264 e. The van der Waals surface area contributed by atoms with Gasteiger partial charge < -0.3 is 10.2 Å². The van der Waals surface area contributed by atoms with Gasteiger partial charge in [0, 0.05) is 25.2 Å². The molecule has 4 rings (SSSR count). The van der Waals surface area contributed by atoms with Crippen LogP contribution in [0.25, 0.3) is 0 Å². The number of fused-ring (bicyclic) bond motifs is 1. The van der Waals surface area contributed by atoms with E-state index in [1.807, 2.05) is 0 Å². The van der Waals surface area contributed by atoms with Gasteiger partial charge in [0.2, 0.25) is 11.8 Å². The fourth-order valence-corrected chi connectivity index (χ4v) is 4.11. The lowest BCUT2D eigenvalue weighted by Gasteiger charge is -2.27. The number of benzene rings is 1. The van der Waals surface area contributed by atoms with Crippen molar-refractivity contribution in [1.82, 2.24) is 15.1 Å². The molecule has 0 aromatic heterocycles. The van der Waals surface area contributed by atoms with Crippen LogP contribution in [0.5, 0.6) is 0 Å². The summed E-state index contributed by atoms with van der Waals surface area (Å²) in [5.41, 5.74) is 1.24. The fraction of sp³-hybridized carbons (Fsp3) is 0.474. The molecule has 0 bridgehead atoms. The largest absolute Gasteiger partial charge is 0.384 e. The zero-order chi connectivity index (χ0) is 19.1. The summed E-state index contributed by atoms with van der Waals surface area (Å²) in [4.78, 5) is 52.6. The second-order valence-corrected chi connectivity index (χ2v) is 7.47. The molecule has 0 spiro atoms. The Hall–Kier alpha value is -2.74. The summed E-state index contributed by atoms with van der Waals surface area (Å²) in [5, 5.41) is 5.53. The lowest BCUT2D eigenvalue weighted by atomic mass is 10.0. The minimum atomic E-state index is -0.938. The van der Waals surface area contributed by atoms with Crippen molar-refractivity contribution in [3.8, 4) is 0 Å². The van der Waals surface area contributed by atoms with E-state index in [0.29, 0.717) is 22.7 Å². The molecule has 8 nitrogen and oxygen atoms in total. The van der Waals surface area contributed by atoms with Crippen LogP contribution >= 0.6 is 0 Å². The maximum Gasteiger partial charge on any atom is 0.264 e. The number of nitrogens with zero attached hydrogens (tertiary/aromatic N) is 2. The second kappa shape index (κ2) is 6.77. The molecule has 8 heteroatoms. The first-order chi connectivity index (χ1) is 13.0. The van der Waals surface area contributed by atoms with Gasteiger partial charge in [-0.1, -0.05) is 6.07 Å². The van der Waals surface area contributed by atoms with E-state index in [9.17, 15) is 19.2 Å². The molecule has 0 aliphatic carbocycles. The molecule has 0 saturated carbocycles. The third kappa shape index (κ3) is 3.10. The minimum Gasteiger partial charge on any atom is -0.384 e. The molecule has 1 aromatic carbocycles. The van der Waals surface area contributed by atoms with Crippen LogP contribution in [0.4, 0.5) is 5.69 Å². The van der Waals surface area contributed by atoms with Gasteiger partial charge in [-0.3, -0.25) is 29.4 Å². The van der Waals surface area contributed by atoms with Crippen molar-refractivity contribution < 1.29 is 19.2 Å². The molecule has 2 atom stereocenters. The molecule has 3 aliphatic heterocycles. The van der Waals surface area contributed by atoms with Gasteiger partial charge >= 0.3 is 0 Å². The minimum absolute atomic E-state index is 0.115. The first-order valence-corrected chi connectivity index (χ1v) is 9.22. The SMILES string of the molecule is CN1CCC(CNc2cccc3c2C(=O)N(C2CCC(=O)NC2=O)C3=O)C1. The summed E-state index contributed by atoms with van der Waals surface area (Å²) in [5.74, 6) is -1.44. The van der Waals surface area contributed by atoms with E-state index in [4.69, 9.17) is 0 Å². The molecule has 2 saturated heterocycles. The van der Waals surface area contributed by atoms with Crippen LogP contribution in [-0.4, -0.2) is 66.2 Å². The van der Waals surface area contributed by atoms with Crippen molar-refractivity contribution in [2.24, 2.45) is 5.92 Å². The number of imide groups is 2. The zero-order valence-corrected chi connectivity index (χ0v) is 15.2. The molecule has 0 radical (unpaired) electrons. The van der Waals surface area contributed by atoms with Crippen LogP contribution in [0.2, 0.25) is 0 Å². The third-order valence-electron chi connectivity index (χ3n) is 5.54. The Morgan fingerprint density at radius 2 is 1.96 bits per heavy atom. The van der Waals surface area contributed by atoms with E-state index in [1.165, 1.54) is 0 Å². The first kappa shape index (κ1) is 17.7. The number of nitrogens with one attached hydrogen (secondary N) is 2. The van der Waals surface area contributed by atoms with Crippen molar-refractivity contribution >= 4 is 29.3 Å². The lowest BCUT2D eigenvalue weighted by molar-refractivity contribution is -0.136. The van der Waals surface area contributed by atoms with Gasteiger partial charge in [0.15, 0.2) is 0 Å². The molecular weight excluding hydrogens is 348 g/mol. The van der Waals surface area contributed by atoms with Gasteiger partial charge in [0.1, 0.15) is 6.04 Å². The summed E-state index contributed by atoms with van der Waals surface area (Å²) in [6, 6.07) is 4.19. The Bertz CT molecular complexity index is 837. The highest BCUT2D eigenvalue weighted by molar-refractivity contribution is 6.25. The molecule has 2 fully saturated rings. The first-order valence-electron chi connectivity index (χ1n) is 9.22. The molecule has 27 heavy (non-hydrogen) atoms. The predicted molar refractivity (Wildman–Crippen MR) is 97.2 cm³/mol. The van der Waals surface area contributed by atoms with Gasteiger partial charge in [0.25, 0.3) is 11.8 Å². The summed E-state index contributed by atoms with van der Waals surface area (Å²) in [7, 11) is 2.08. The molecule has 4 amide bonds. The number of piperidine rings is 1. The number of amides is 4. The van der Waals surface area contributed by atoms with Gasteiger partial charge in [-0.05, 0) is 44.5 Å². The Morgan fingerprint density at radius 1 is 1.15 bits per heavy atom. The summed E-state index contributed by atoms with van der Waals surface area (Å²) in [6.07, 6.45) is 1.37. The molecule has 1 aromatic rings. The highest BCUT2D eigenvalue weighted by atomic mass is 16.2. The monoisotopic (exact) mass is 370 g/mol. The standard InChI is InChI=1S/C19H22N4O4/c1-22-8-7-11(10-22)9-20-13-4-2-3-12-16(13)19(27)23(18(12)26)14-5-6-15(24)21-17(14)25/h2-4,11,14,20H,5-10H2,1H3,(H,21,24,25). The van der Waals surface area contributed by atoms with E-state index in [0.717, 1.165) is 31.0 Å². The van der Waals surface area contributed by atoms with E-state index in [-0.39, 0.29) is 18.7 Å². The predicted octanol–water partition coefficient (Wildman–Crippen LogP) is 0.451. The number of likely N-dealkylation sites (tertiary alicyclic amines) is 1. The second-order valence-electron chi connectivity index (χ2n) is 7.47. The number of anilines is 1. The summed E-state index contributed by atoms with van der Waals surface area (Å²) in [6.45, 7) is 2.78. The van der Waals surface area contributed by atoms with Crippen LogP contribution < -0.4 is 10.6 Å². The molecule has 2 unspecified atom stereocenters. The Balaban J connectivity index is 1.56. The number of carbonyl (C=O) groups is 4. The van der Waals surface area contributed by atoms with E-state index in [1.54, 1.807) is 18.2 Å². The molecule has 142 valence electrons. The maximum absolute atomic E-state index is 13.0. The highest BCUT2D eigenvalue weighted by Crippen LogP contribution is 2.32. The van der Waals surface area contributed by atoms with Crippen molar-refractivity contribution in [1.29, 1.82) is 0 Å². The molecular formula is C19H22N4O4. The number of rotatable bonds is 4. The van der Waals surface area contributed by atoms with Crippen molar-refractivity contribution in [2.75, 3.05) is 32.0 Å². The van der Waals surface area contributed by atoms with Crippen LogP contribution in [0.1, 0.15) is 40.0 Å². The maximum atomic E-state index is 13.0. The average molecular weight is 370 g/mol. The van der Waals surface area contributed by atoms with Crippen LogP contribution in [0.3, 0.4) is 0 Å². The normalized spacial score (nSPS) is 25.7. The van der Waals surface area contributed by atoms with E-state index < -0.39 is 23.8 Å². The van der Waals surface area contributed by atoms with Crippen molar-refractivity contribution in [3.05, 3.63) is 29.3 Å². The molecule has 3 heterocycles. The number of hydrogen-bond acceptors (Lipinski definition) is 6. The van der Waals surface area contributed by atoms with Gasteiger partial charge in [-0.25, -0.2) is 0 Å². The average Bonchev–Trinajstić information content (AvgIpc) is 3.16. The molecule has 3 aliphatic rings. The van der Waals surface area contributed by atoms with Gasteiger partial charge in [-0.15, -0.1) is 0 Å². The number of carbonyl (C=O) groups excluding carboxylic acids is 4. The fourth-order valence-electron chi connectivity index (χ4n) is 4.11. The van der Waals surface area contributed by atoms with Crippen LogP contribution in [0, 0.1) is 5.92 Å². The highest BCUT2D eigenvalue weighted by Gasteiger charge is 2.45. The zero-order valence-electron chi connectivity index (χ0n) is 15.2. The third-order valence-corrected chi connectivity index (χ3v) is 5.54. The number of hydrogen-bond donors (Lipinski definition) is 2. The Morgan fingerprint density at radius 3 is 2.67 bits per heavy atom. The van der Waals surface area contributed by atoms with E-state index in [2.05, 4.69) is 22.6 Å². The summed E-state index contributed by atoms with van der Waals surface area (Å²) >= 11 is 0. The van der Waals surface area contributed by atoms with Gasteiger partial charge in [-0.2, -0.15) is 0 Å². The Kier molecular flexibility index (Phi) is 4.43. The van der Waals surface area contributed by atoms with E-state index >= 15 is 0 Å². The van der Waals surface area contributed by atoms with Gasteiger partial charge in [0.05, 0.1) is 11.1 Å². The topological polar surface area (TPSA) is 98.8 Å². The van der Waals surface area contributed by atoms with Crippen molar-refractivity contribution in [3.63, 3.8) is 0 Å². The lowest BCUT2D eigenvalue weighted by Crippen LogP contribution is -2.54. The Labute approximate surface area is 156 Å². The quantitative estimate of drug-likeness (QED) is 0.747. The van der Waals surface area contributed by atoms with Crippen molar-refractivity contribution in [2.45, 2.75) is 25.3 Å². The van der Waals surface area contributed by atoms with Crippen LogP contribution in [-0.2, 0) is 9.59 Å². The summed E-state index contributed by atoms with van der Waals surface area (Å²) < 4.78 is 0. The molecule has 2 N–H and O–H groups in total.